The first-order valence-electron chi connectivity index (χ1n) is 9.09. The van der Waals surface area contributed by atoms with E-state index in [0.29, 0.717) is 19.0 Å². The molecule has 1 aliphatic rings. The summed E-state index contributed by atoms with van der Waals surface area (Å²) in [5, 5.41) is 5.17. The van der Waals surface area contributed by atoms with Crippen LogP contribution in [0.2, 0.25) is 0 Å². The van der Waals surface area contributed by atoms with Crippen LogP contribution >= 0.6 is 0 Å². The van der Waals surface area contributed by atoms with Crippen molar-refractivity contribution in [3.05, 3.63) is 42.5 Å². The molecule has 6 heteroatoms. The Balaban J connectivity index is 1.53. The molecule has 1 aliphatic heterocycles. The van der Waals surface area contributed by atoms with Crippen molar-refractivity contribution in [2.75, 3.05) is 13.1 Å². The summed E-state index contributed by atoms with van der Waals surface area (Å²) in [6, 6.07) is 6.42. The molecule has 4 rings (SSSR count). The number of Topliss-reactive ketones (excluding diaryl/α,β-unsaturated/α-hetero) is 1. The number of likely N-dealkylation sites (tertiary alicyclic amines) is 1. The third-order valence-corrected chi connectivity index (χ3v) is 5.08. The van der Waals surface area contributed by atoms with E-state index in [4.69, 9.17) is 4.98 Å². The zero-order valence-corrected chi connectivity index (χ0v) is 15.2. The van der Waals surface area contributed by atoms with Crippen LogP contribution in [0.25, 0.3) is 22.2 Å². The minimum absolute atomic E-state index is 0.217. The number of carbonyl (C=O) groups excluding carboxylic acids is 1. The van der Waals surface area contributed by atoms with Crippen LogP contribution in [0.1, 0.15) is 25.5 Å². The maximum atomic E-state index is 12.4. The molecular formula is C20H23N5O. The number of ketones is 1. The van der Waals surface area contributed by atoms with E-state index in [-0.39, 0.29) is 5.78 Å². The minimum Gasteiger partial charge on any atom is -0.298 e. The van der Waals surface area contributed by atoms with Crippen molar-refractivity contribution >= 4 is 16.7 Å². The summed E-state index contributed by atoms with van der Waals surface area (Å²) in [5.41, 5.74) is 3.50. The van der Waals surface area contributed by atoms with E-state index < -0.39 is 0 Å². The van der Waals surface area contributed by atoms with Gasteiger partial charge in [0.15, 0.2) is 5.78 Å². The molecule has 0 aromatic carbocycles. The summed E-state index contributed by atoms with van der Waals surface area (Å²) in [5.74, 6) is 0.217. The quantitative estimate of drug-likeness (QED) is 0.708. The number of hydrogen-bond acceptors (Lipinski definition) is 5. The molecule has 0 spiro atoms. The Morgan fingerprint density at radius 2 is 2.19 bits per heavy atom. The number of nitrogens with zero attached hydrogens (tertiary/aromatic N) is 5. The van der Waals surface area contributed by atoms with Gasteiger partial charge in [0.1, 0.15) is 0 Å². The molecule has 1 saturated heterocycles. The average Bonchev–Trinajstić information content (AvgIpc) is 3.23. The summed E-state index contributed by atoms with van der Waals surface area (Å²) in [7, 11) is 1.89. The lowest BCUT2D eigenvalue weighted by Crippen LogP contribution is -2.33. The Kier molecular flexibility index (Phi) is 4.51. The highest BCUT2D eigenvalue weighted by Gasteiger charge is 2.22. The maximum absolute atomic E-state index is 12.4. The summed E-state index contributed by atoms with van der Waals surface area (Å²) in [6.45, 7) is 3.73. The van der Waals surface area contributed by atoms with E-state index in [1.807, 2.05) is 31.4 Å². The normalized spacial score (nSPS) is 17.8. The van der Waals surface area contributed by atoms with Crippen LogP contribution < -0.4 is 0 Å². The highest BCUT2D eigenvalue weighted by Crippen LogP contribution is 2.21. The summed E-state index contributed by atoms with van der Waals surface area (Å²) in [4.78, 5) is 23.9. The second kappa shape index (κ2) is 6.96. The molecule has 0 radical (unpaired) electrons. The Morgan fingerprint density at radius 3 is 2.92 bits per heavy atom. The van der Waals surface area contributed by atoms with Gasteiger partial charge in [0.2, 0.25) is 0 Å². The third kappa shape index (κ3) is 3.51. The van der Waals surface area contributed by atoms with Crippen LogP contribution in [0, 0.1) is 0 Å². The van der Waals surface area contributed by atoms with Crippen LogP contribution in [0.3, 0.4) is 0 Å². The molecule has 0 bridgehead atoms. The Morgan fingerprint density at radius 1 is 1.31 bits per heavy atom. The number of rotatable bonds is 5. The lowest BCUT2D eigenvalue weighted by Gasteiger charge is -2.19. The van der Waals surface area contributed by atoms with Gasteiger partial charge in [0, 0.05) is 42.1 Å². The smallest absolute Gasteiger partial charge is 0.152 e. The van der Waals surface area contributed by atoms with E-state index in [2.05, 4.69) is 21.9 Å². The third-order valence-electron chi connectivity index (χ3n) is 5.08. The summed E-state index contributed by atoms with van der Waals surface area (Å²) >= 11 is 0. The van der Waals surface area contributed by atoms with Crippen LogP contribution in [-0.4, -0.2) is 49.6 Å². The predicted octanol–water partition coefficient (Wildman–Crippen LogP) is 2.63. The molecule has 0 saturated carbocycles. The first-order chi connectivity index (χ1) is 12.6. The lowest BCUT2D eigenvalue weighted by molar-refractivity contribution is -0.119. The van der Waals surface area contributed by atoms with Gasteiger partial charge < -0.3 is 0 Å². The van der Waals surface area contributed by atoms with Crippen LogP contribution in [-0.2, 0) is 18.3 Å². The molecule has 0 N–H and O–H groups in total. The van der Waals surface area contributed by atoms with Gasteiger partial charge in [-0.15, -0.1) is 0 Å². The second-order valence-corrected chi connectivity index (χ2v) is 7.14. The van der Waals surface area contributed by atoms with Gasteiger partial charge in [-0.2, -0.15) is 5.10 Å². The van der Waals surface area contributed by atoms with Crippen molar-refractivity contribution in [1.82, 2.24) is 24.6 Å². The van der Waals surface area contributed by atoms with Crippen molar-refractivity contribution in [2.24, 2.45) is 7.05 Å². The van der Waals surface area contributed by atoms with Crippen molar-refractivity contribution in [1.29, 1.82) is 0 Å². The van der Waals surface area contributed by atoms with E-state index in [1.54, 1.807) is 17.1 Å². The first-order valence-corrected chi connectivity index (χ1v) is 9.09. The van der Waals surface area contributed by atoms with Crippen LogP contribution in [0.5, 0.6) is 0 Å². The number of fused-ring (bicyclic) bond motifs is 1. The first kappa shape index (κ1) is 16.8. The Hall–Kier alpha value is -2.60. The molecule has 3 aromatic rings. The van der Waals surface area contributed by atoms with Crippen molar-refractivity contribution in [2.45, 2.75) is 32.2 Å². The van der Waals surface area contributed by atoms with Gasteiger partial charge >= 0.3 is 0 Å². The Bertz CT molecular complexity index is 948. The van der Waals surface area contributed by atoms with Crippen molar-refractivity contribution in [3.63, 3.8) is 0 Å². The van der Waals surface area contributed by atoms with Gasteiger partial charge in [0.25, 0.3) is 0 Å². The second-order valence-electron chi connectivity index (χ2n) is 7.14. The monoisotopic (exact) mass is 349 g/mol. The highest BCUT2D eigenvalue weighted by atomic mass is 16.1. The molecule has 134 valence electrons. The van der Waals surface area contributed by atoms with Gasteiger partial charge in [-0.1, -0.05) is 0 Å². The SMILES string of the molecule is C[C@H]1CCCN1CC(=O)Cc1cc2nc(-c3cnn(C)c3)ccc2cn1. The fourth-order valence-electron chi connectivity index (χ4n) is 3.58. The molecule has 26 heavy (non-hydrogen) atoms. The molecular weight excluding hydrogens is 326 g/mol. The van der Waals surface area contributed by atoms with Gasteiger partial charge in [0.05, 0.1) is 30.4 Å². The molecule has 1 atom stereocenters. The van der Waals surface area contributed by atoms with Crippen molar-refractivity contribution in [3.8, 4) is 11.3 Å². The zero-order chi connectivity index (χ0) is 18.1. The summed E-state index contributed by atoms with van der Waals surface area (Å²) < 4.78 is 1.76. The predicted molar refractivity (Wildman–Crippen MR) is 101 cm³/mol. The van der Waals surface area contributed by atoms with Crippen molar-refractivity contribution < 1.29 is 4.79 Å². The average molecular weight is 349 g/mol. The van der Waals surface area contributed by atoms with Gasteiger partial charge in [-0.05, 0) is 44.5 Å². The molecule has 0 aliphatic carbocycles. The van der Waals surface area contributed by atoms with E-state index in [0.717, 1.165) is 34.4 Å². The molecule has 0 unspecified atom stereocenters. The van der Waals surface area contributed by atoms with Gasteiger partial charge in [-0.25, -0.2) is 4.98 Å². The molecule has 1 fully saturated rings. The number of aromatic nitrogens is 4. The van der Waals surface area contributed by atoms with E-state index in [9.17, 15) is 4.79 Å². The number of pyridine rings is 2. The van der Waals surface area contributed by atoms with Crippen LogP contribution in [0.15, 0.2) is 36.8 Å². The lowest BCUT2D eigenvalue weighted by atomic mass is 10.1. The van der Waals surface area contributed by atoms with Gasteiger partial charge in [-0.3, -0.25) is 19.4 Å². The van der Waals surface area contributed by atoms with Crippen LogP contribution in [0.4, 0.5) is 0 Å². The largest absolute Gasteiger partial charge is 0.298 e. The minimum atomic E-state index is 0.217. The number of hydrogen-bond donors (Lipinski definition) is 0. The highest BCUT2D eigenvalue weighted by molar-refractivity contribution is 5.85. The summed E-state index contributed by atoms with van der Waals surface area (Å²) in [6.07, 6.45) is 8.27. The van der Waals surface area contributed by atoms with E-state index in [1.165, 1.54) is 12.8 Å². The standard InChI is InChI=1S/C20H23N5O/c1-14-4-3-7-25(14)13-18(26)8-17-9-20-15(10-21-17)5-6-19(23-20)16-11-22-24(2)12-16/h5-6,9-12,14H,3-4,7-8,13H2,1-2H3/t14-/m0/s1. The molecule has 6 nitrogen and oxygen atoms in total. The maximum Gasteiger partial charge on any atom is 0.152 e. The molecule has 4 heterocycles. The Labute approximate surface area is 152 Å². The molecule has 3 aromatic heterocycles. The zero-order valence-electron chi connectivity index (χ0n) is 15.2. The van der Waals surface area contributed by atoms with E-state index >= 15 is 0 Å². The fraction of sp³-hybridized carbons (Fsp3) is 0.400. The topological polar surface area (TPSA) is 63.9 Å². The number of carbonyl (C=O) groups is 1. The molecule has 0 amide bonds. The fourth-order valence-corrected chi connectivity index (χ4v) is 3.58. The number of aryl methyl sites for hydroxylation is 1.